The highest BCUT2D eigenvalue weighted by atomic mass is 31.2. The van der Waals surface area contributed by atoms with E-state index in [0.717, 1.165) is 44.9 Å². The number of nitrogens with two attached hydrogens (primary N) is 1. The van der Waals surface area contributed by atoms with Gasteiger partial charge in [-0.3, -0.25) is 18.6 Å². The second kappa shape index (κ2) is 25.1. The van der Waals surface area contributed by atoms with Gasteiger partial charge in [0.1, 0.15) is 6.61 Å². The number of carbonyl (C=O) groups excluding carboxylic acids is 2. The van der Waals surface area contributed by atoms with E-state index in [-0.39, 0.29) is 32.6 Å². The van der Waals surface area contributed by atoms with Crippen LogP contribution in [-0.2, 0) is 32.7 Å². The van der Waals surface area contributed by atoms with E-state index in [1.165, 1.54) is 32.1 Å². The summed E-state index contributed by atoms with van der Waals surface area (Å²) in [6, 6.07) is 0. The van der Waals surface area contributed by atoms with Crippen molar-refractivity contribution in [1.82, 2.24) is 0 Å². The molecular weight excluding hydrogens is 497 g/mol. The Morgan fingerprint density at radius 1 is 0.784 bits per heavy atom. The maximum atomic E-state index is 12.3. The first-order valence-electron chi connectivity index (χ1n) is 14.2. The van der Waals surface area contributed by atoms with Crippen molar-refractivity contribution in [3.8, 4) is 0 Å². The fourth-order valence-corrected chi connectivity index (χ4v) is 4.27. The predicted octanol–water partition coefficient (Wildman–Crippen LogP) is 6.37. The van der Waals surface area contributed by atoms with Crippen molar-refractivity contribution >= 4 is 19.8 Å². The number of phosphoric acid groups is 1. The van der Waals surface area contributed by atoms with Crippen LogP contribution in [0.15, 0.2) is 12.2 Å². The van der Waals surface area contributed by atoms with Crippen molar-refractivity contribution in [2.45, 2.75) is 123 Å². The van der Waals surface area contributed by atoms with Gasteiger partial charge in [-0.2, -0.15) is 0 Å². The molecule has 0 aromatic rings. The largest absolute Gasteiger partial charge is 0.472 e. The van der Waals surface area contributed by atoms with Crippen LogP contribution >= 0.6 is 7.82 Å². The van der Waals surface area contributed by atoms with Gasteiger partial charge in [0.15, 0.2) is 6.10 Å². The molecule has 0 spiro atoms. The summed E-state index contributed by atoms with van der Waals surface area (Å²) >= 11 is 0. The van der Waals surface area contributed by atoms with Gasteiger partial charge < -0.3 is 20.1 Å². The average molecular weight is 550 g/mol. The first-order chi connectivity index (χ1) is 17.8. The quantitative estimate of drug-likeness (QED) is 0.0546. The summed E-state index contributed by atoms with van der Waals surface area (Å²) < 4.78 is 32.0. The maximum absolute atomic E-state index is 12.3. The fraction of sp³-hybridized carbons (Fsp3) is 0.852. The topological polar surface area (TPSA) is 134 Å². The number of hydrogen-bond acceptors (Lipinski definition) is 8. The van der Waals surface area contributed by atoms with Gasteiger partial charge in [-0.25, -0.2) is 4.57 Å². The molecule has 0 radical (unpaired) electrons. The van der Waals surface area contributed by atoms with Crippen LogP contribution in [0, 0.1) is 0 Å². The molecule has 3 N–H and O–H groups in total. The Kier molecular flexibility index (Phi) is 24.2. The minimum absolute atomic E-state index is 0.0531. The summed E-state index contributed by atoms with van der Waals surface area (Å²) in [5, 5.41) is 0. The molecule has 9 nitrogen and oxygen atoms in total. The molecule has 0 saturated carbocycles. The van der Waals surface area contributed by atoms with Crippen LogP contribution in [0.2, 0.25) is 0 Å². The Hall–Kier alpha value is -1.25. The van der Waals surface area contributed by atoms with Gasteiger partial charge in [-0.15, -0.1) is 0 Å². The zero-order valence-corrected chi connectivity index (χ0v) is 24.1. The lowest BCUT2D eigenvalue weighted by Gasteiger charge is -2.19. The lowest BCUT2D eigenvalue weighted by atomic mass is 10.1. The van der Waals surface area contributed by atoms with E-state index in [2.05, 4.69) is 23.6 Å². The zero-order valence-electron chi connectivity index (χ0n) is 23.2. The number of hydrogen-bond donors (Lipinski definition) is 2. The van der Waals surface area contributed by atoms with E-state index in [9.17, 15) is 19.0 Å². The summed E-state index contributed by atoms with van der Waals surface area (Å²) in [6.07, 6.45) is 19.0. The number of allylic oxidation sites excluding steroid dienone is 2. The molecule has 0 bridgehead atoms. The minimum atomic E-state index is -4.34. The second-order valence-electron chi connectivity index (χ2n) is 9.27. The Labute approximate surface area is 224 Å². The highest BCUT2D eigenvalue weighted by Crippen LogP contribution is 2.43. The Morgan fingerprint density at radius 3 is 1.97 bits per heavy atom. The normalized spacial score (nSPS) is 13.9. The number of rotatable bonds is 26. The van der Waals surface area contributed by atoms with E-state index in [0.29, 0.717) is 12.8 Å². The lowest BCUT2D eigenvalue weighted by Crippen LogP contribution is -2.29. The third-order valence-electron chi connectivity index (χ3n) is 5.65. The van der Waals surface area contributed by atoms with Crippen LogP contribution in [-0.4, -0.2) is 49.3 Å². The summed E-state index contributed by atoms with van der Waals surface area (Å²) in [7, 11) is -4.34. The van der Waals surface area contributed by atoms with Crippen LogP contribution < -0.4 is 5.73 Å². The number of phosphoric ester groups is 1. The second-order valence-corrected chi connectivity index (χ2v) is 10.7. The summed E-state index contributed by atoms with van der Waals surface area (Å²) in [5.74, 6) is -0.871. The standard InChI is InChI=1S/C27H52NO8P/c1-3-5-7-8-9-10-11-12-13-14-15-16-18-20-27(30)36-25(23-33-26(29)19-17-6-4-2)24-35-37(31,32)34-22-21-28/h10-11,25H,3-9,12-24,28H2,1-2H3,(H,31,32)/b11-10+/t25-/m1/s1. The Bertz CT molecular complexity index is 644. The smallest absolute Gasteiger partial charge is 0.462 e. The van der Waals surface area contributed by atoms with Gasteiger partial charge in [0, 0.05) is 19.4 Å². The van der Waals surface area contributed by atoms with Crippen molar-refractivity contribution in [3.63, 3.8) is 0 Å². The molecule has 1 unspecified atom stereocenters. The Balaban J connectivity index is 4.24. The third kappa shape index (κ3) is 24.8. The zero-order chi connectivity index (χ0) is 27.6. The number of carbonyl (C=O) groups is 2. The van der Waals surface area contributed by atoms with Crippen molar-refractivity contribution in [2.75, 3.05) is 26.4 Å². The minimum Gasteiger partial charge on any atom is -0.462 e. The van der Waals surface area contributed by atoms with Crippen molar-refractivity contribution in [1.29, 1.82) is 0 Å². The molecule has 0 aliphatic heterocycles. The molecule has 0 aromatic heterocycles. The van der Waals surface area contributed by atoms with Gasteiger partial charge in [-0.05, 0) is 38.5 Å². The molecule has 0 heterocycles. The molecule has 0 amide bonds. The van der Waals surface area contributed by atoms with Crippen molar-refractivity contribution < 1.29 is 37.6 Å². The molecule has 0 fully saturated rings. The van der Waals surface area contributed by atoms with E-state index in [1.807, 2.05) is 6.92 Å². The molecule has 0 aliphatic rings. The number of unbranched alkanes of at least 4 members (excludes halogenated alkanes) is 11. The molecule has 10 heteroatoms. The molecule has 37 heavy (non-hydrogen) atoms. The SMILES string of the molecule is CCCCCC/C=C/CCCCCCCC(=O)O[C@H](COC(=O)CCCCC)COP(=O)(O)OCCN. The van der Waals surface area contributed by atoms with Gasteiger partial charge in [0.25, 0.3) is 0 Å². The van der Waals surface area contributed by atoms with E-state index in [4.69, 9.17) is 19.7 Å². The highest BCUT2D eigenvalue weighted by molar-refractivity contribution is 7.47. The molecule has 2 atom stereocenters. The lowest BCUT2D eigenvalue weighted by molar-refractivity contribution is -0.161. The van der Waals surface area contributed by atoms with Crippen molar-refractivity contribution in [3.05, 3.63) is 12.2 Å². The van der Waals surface area contributed by atoms with Gasteiger partial charge in [0.2, 0.25) is 0 Å². The van der Waals surface area contributed by atoms with E-state index in [1.54, 1.807) is 0 Å². The number of esters is 2. The van der Waals surface area contributed by atoms with Crippen LogP contribution in [0.3, 0.4) is 0 Å². The van der Waals surface area contributed by atoms with Crippen LogP contribution in [0.25, 0.3) is 0 Å². The summed E-state index contributed by atoms with van der Waals surface area (Å²) in [4.78, 5) is 33.9. The van der Waals surface area contributed by atoms with Gasteiger partial charge in [-0.1, -0.05) is 77.4 Å². The van der Waals surface area contributed by atoms with E-state index >= 15 is 0 Å². The van der Waals surface area contributed by atoms with E-state index < -0.39 is 32.5 Å². The third-order valence-corrected chi connectivity index (χ3v) is 6.64. The molecule has 0 rings (SSSR count). The molecule has 218 valence electrons. The average Bonchev–Trinajstić information content (AvgIpc) is 2.87. The first-order valence-corrected chi connectivity index (χ1v) is 15.7. The van der Waals surface area contributed by atoms with Crippen molar-refractivity contribution in [2.24, 2.45) is 5.73 Å². The predicted molar refractivity (Wildman–Crippen MR) is 146 cm³/mol. The van der Waals surface area contributed by atoms with Gasteiger partial charge >= 0.3 is 19.8 Å². The molecule has 0 saturated heterocycles. The fourth-order valence-electron chi connectivity index (χ4n) is 3.51. The Morgan fingerprint density at radius 2 is 1.32 bits per heavy atom. The monoisotopic (exact) mass is 549 g/mol. The van der Waals surface area contributed by atoms with Crippen LogP contribution in [0.4, 0.5) is 0 Å². The summed E-state index contributed by atoms with van der Waals surface area (Å²) in [5.41, 5.74) is 5.27. The molecule has 0 aliphatic carbocycles. The van der Waals surface area contributed by atoms with Crippen LogP contribution in [0.5, 0.6) is 0 Å². The summed E-state index contributed by atoms with van der Waals surface area (Å²) in [6.45, 7) is 3.47. The highest BCUT2D eigenvalue weighted by Gasteiger charge is 2.25. The molecule has 0 aromatic carbocycles. The van der Waals surface area contributed by atoms with Crippen LogP contribution in [0.1, 0.15) is 117 Å². The maximum Gasteiger partial charge on any atom is 0.472 e. The van der Waals surface area contributed by atoms with Gasteiger partial charge in [0.05, 0.1) is 13.2 Å². The molecular formula is C27H52NO8P. The first kappa shape index (κ1) is 35.8. The number of ether oxygens (including phenoxy) is 2.